The Labute approximate surface area is 139 Å². The molecule has 2 atom stereocenters. The Kier molecular flexibility index (Phi) is 4.84. The van der Waals surface area contributed by atoms with Crippen LogP contribution in [0, 0.1) is 0 Å². The Balaban J connectivity index is 1.48. The van der Waals surface area contributed by atoms with Crippen LogP contribution in [0.25, 0.3) is 0 Å². The monoisotopic (exact) mass is 338 g/mol. The predicted molar refractivity (Wildman–Crippen MR) is 84.0 cm³/mol. The van der Waals surface area contributed by atoms with E-state index in [1.807, 2.05) is 18.2 Å². The van der Waals surface area contributed by atoms with Crippen molar-refractivity contribution in [1.29, 1.82) is 0 Å². The lowest BCUT2D eigenvalue weighted by Gasteiger charge is -2.19. The van der Waals surface area contributed by atoms with E-state index < -0.39 is 6.10 Å². The van der Waals surface area contributed by atoms with E-state index in [0.717, 1.165) is 16.9 Å². The molecule has 1 aromatic rings. The van der Waals surface area contributed by atoms with Gasteiger partial charge in [0, 0.05) is 11.6 Å². The lowest BCUT2D eigenvalue weighted by atomic mass is 10.2. The Hall–Kier alpha value is -1.63. The highest BCUT2D eigenvalue weighted by molar-refractivity contribution is 6.31. The molecular formula is C16H19ClN2O4. The predicted octanol–water partition coefficient (Wildman–Crippen LogP) is 1.64. The summed E-state index contributed by atoms with van der Waals surface area (Å²) in [6.07, 6.45) is 0.657. The number of aliphatic hydroxyl groups is 1. The van der Waals surface area contributed by atoms with Crippen molar-refractivity contribution in [2.24, 2.45) is 0 Å². The molecule has 6 nitrogen and oxygen atoms in total. The number of benzene rings is 1. The van der Waals surface area contributed by atoms with E-state index in [2.05, 4.69) is 0 Å². The number of rotatable bonds is 6. The number of carbonyl (C=O) groups is 2. The third kappa shape index (κ3) is 3.34. The summed E-state index contributed by atoms with van der Waals surface area (Å²) in [5.41, 5.74) is 0.829. The van der Waals surface area contributed by atoms with Crippen molar-refractivity contribution < 1.29 is 19.4 Å². The van der Waals surface area contributed by atoms with Crippen LogP contribution in [0.15, 0.2) is 24.3 Å². The molecule has 1 aromatic carbocycles. The number of fused-ring (bicyclic) bond motifs is 1. The number of ether oxygens (including phenoxy) is 1. The summed E-state index contributed by atoms with van der Waals surface area (Å²) in [6, 6.07) is 6.66. The third-order valence-electron chi connectivity index (χ3n) is 4.20. The van der Waals surface area contributed by atoms with Gasteiger partial charge in [0.05, 0.1) is 25.9 Å². The van der Waals surface area contributed by atoms with Gasteiger partial charge in [-0.05, 0) is 24.5 Å². The van der Waals surface area contributed by atoms with Gasteiger partial charge in [0.1, 0.15) is 6.04 Å². The quantitative estimate of drug-likeness (QED) is 0.801. The van der Waals surface area contributed by atoms with Crippen molar-refractivity contribution in [1.82, 2.24) is 9.80 Å². The van der Waals surface area contributed by atoms with Crippen LogP contribution >= 0.6 is 11.6 Å². The van der Waals surface area contributed by atoms with Gasteiger partial charge in [-0.3, -0.25) is 9.69 Å². The van der Waals surface area contributed by atoms with E-state index >= 15 is 0 Å². The summed E-state index contributed by atoms with van der Waals surface area (Å²) < 4.78 is 5.44. The van der Waals surface area contributed by atoms with E-state index in [0.29, 0.717) is 18.0 Å². The zero-order chi connectivity index (χ0) is 16.4. The first-order valence-corrected chi connectivity index (χ1v) is 8.07. The maximum atomic E-state index is 12.2. The SMILES string of the molecule is O=C1C2CCCN2C(=O)N1CC(O)COCc1ccccc1Cl. The molecule has 0 radical (unpaired) electrons. The van der Waals surface area contributed by atoms with E-state index in [4.69, 9.17) is 16.3 Å². The molecule has 23 heavy (non-hydrogen) atoms. The van der Waals surface area contributed by atoms with E-state index in [1.54, 1.807) is 11.0 Å². The maximum Gasteiger partial charge on any atom is 0.327 e. The number of halogens is 1. The molecular weight excluding hydrogens is 320 g/mol. The van der Waals surface area contributed by atoms with Gasteiger partial charge >= 0.3 is 6.03 Å². The molecule has 0 saturated carbocycles. The fourth-order valence-corrected chi connectivity index (χ4v) is 3.22. The molecule has 0 aliphatic carbocycles. The average Bonchev–Trinajstić information content (AvgIpc) is 3.09. The highest BCUT2D eigenvalue weighted by Crippen LogP contribution is 2.27. The molecule has 2 fully saturated rings. The summed E-state index contributed by atoms with van der Waals surface area (Å²) in [4.78, 5) is 27.0. The normalized spacial score (nSPS) is 21.9. The zero-order valence-electron chi connectivity index (χ0n) is 12.7. The van der Waals surface area contributed by atoms with Gasteiger partial charge < -0.3 is 14.7 Å². The molecule has 0 aromatic heterocycles. The Morgan fingerprint density at radius 1 is 1.35 bits per heavy atom. The molecule has 1 N–H and O–H groups in total. The first-order valence-electron chi connectivity index (χ1n) is 7.69. The van der Waals surface area contributed by atoms with Crippen molar-refractivity contribution in [3.05, 3.63) is 34.9 Å². The minimum Gasteiger partial charge on any atom is -0.389 e. The van der Waals surface area contributed by atoms with Crippen LogP contribution in [0.4, 0.5) is 4.79 Å². The molecule has 124 valence electrons. The van der Waals surface area contributed by atoms with Crippen molar-refractivity contribution in [3.8, 4) is 0 Å². The molecule has 0 bridgehead atoms. The minimum absolute atomic E-state index is 0.0345. The number of imide groups is 1. The molecule has 2 aliphatic rings. The summed E-state index contributed by atoms with van der Waals surface area (Å²) >= 11 is 6.02. The van der Waals surface area contributed by atoms with E-state index in [-0.39, 0.29) is 37.7 Å². The van der Waals surface area contributed by atoms with Gasteiger partial charge in [-0.2, -0.15) is 0 Å². The maximum absolute atomic E-state index is 12.2. The van der Waals surface area contributed by atoms with Crippen molar-refractivity contribution in [2.75, 3.05) is 19.7 Å². The van der Waals surface area contributed by atoms with Crippen LogP contribution in [0.2, 0.25) is 5.02 Å². The standard InChI is InChI=1S/C16H19ClN2O4/c17-13-5-2-1-4-11(13)9-23-10-12(20)8-19-15(21)14-6-3-7-18(14)16(19)22/h1-2,4-5,12,14,20H,3,6-10H2. The highest BCUT2D eigenvalue weighted by Gasteiger charge is 2.47. The van der Waals surface area contributed by atoms with Crippen molar-refractivity contribution >= 4 is 23.5 Å². The molecule has 2 heterocycles. The molecule has 2 aliphatic heterocycles. The molecule has 7 heteroatoms. The molecule has 3 amide bonds. The van der Waals surface area contributed by atoms with Crippen LogP contribution < -0.4 is 0 Å². The van der Waals surface area contributed by atoms with Crippen LogP contribution in [-0.2, 0) is 16.1 Å². The summed E-state index contributed by atoms with van der Waals surface area (Å²) in [5, 5.41) is 10.6. The number of hydrogen-bond donors (Lipinski definition) is 1. The van der Waals surface area contributed by atoms with Crippen molar-refractivity contribution in [2.45, 2.75) is 31.6 Å². The van der Waals surface area contributed by atoms with Crippen LogP contribution in [0.1, 0.15) is 18.4 Å². The number of urea groups is 1. The van der Waals surface area contributed by atoms with Crippen LogP contribution in [-0.4, -0.2) is 58.7 Å². The van der Waals surface area contributed by atoms with Crippen molar-refractivity contribution in [3.63, 3.8) is 0 Å². The average molecular weight is 339 g/mol. The largest absolute Gasteiger partial charge is 0.389 e. The highest BCUT2D eigenvalue weighted by atomic mass is 35.5. The first kappa shape index (κ1) is 16.2. The smallest absolute Gasteiger partial charge is 0.327 e. The Morgan fingerprint density at radius 2 is 2.13 bits per heavy atom. The fraction of sp³-hybridized carbons (Fsp3) is 0.500. The number of β-amino-alcohol motifs (C(OH)–C–C–N with tert-alkyl or cyclic N) is 1. The summed E-state index contributed by atoms with van der Waals surface area (Å²) in [6.45, 7) is 0.887. The van der Waals surface area contributed by atoms with Gasteiger partial charge in [0.15, 0.2) is 0 Å². The second-order valence-corrected chi connectivity index (χ2v) is 6.25. The van der Waals surface area contributed by atoms with Gasteiger partial charge in [-0.25, -0.2) is 4.79 Å². The van der Waals surface area contributed by atoms with Crippen LogP contribution in [0.5, 0.6) is 0 Å². The number of amides is 3. The Morgan fingerprint density at radius 3 is 2.87 bits per heavy atom. The molecule has 3 rings (SSSR count). The number of nitrogens with zero attached hydrogens (tertiary/aromatic N) is 2. The van der Waals surface area contributed by atoms with E-state index in [1.165, 1.54) is 0 Å². The van der Waals surface area contributed by atoms with Gasteiger partial charge in [0.25, 0.3) is 5.91 Å². The summed E-state index contributed by atoms with van der Waals surface area (Å²) in [7, 11) is 0. The Bertz CT molecular complexity index is 587. The summed E-state index contributed by atoms with van der Waals surface area (Å²) in [5.74, 6) is -0.211. The second-order valence-electron chi connectivity index (χ2n) is 5.84. The van der Waals surface area contributed by atoms with E-state index in [9.17, 15) is 14.7 Å². The molecule has 2 saturated heterocycles. The van der Waals surface area contributed by atoms with Gasteiger partial charge in [-0.15, -0.1) is 0 Å². The number of aliphatic hydroxyl groups excluding tert-OH is 1. The topological polar surface area (TPSA) is 70.1 Å². The van der Waals surface area contributed by atoms with Gasteiger partial charge in [-0.1, -0.05) is 29.8 Å². The first-order chi connectivity index (χ1) is 11.1. The lowest BCUT2D eigenvalue weighted by molar-refractivity contribution is -0.129. The minimum atomic E-state index is -0.912. The van der Waals surface area contributed by atoms with Crippen LogP contribution in [0.3, 0.4) is 0 Å². The van der Waals surface area contributed by atoms with Gasteiger partial charge in [0.2, 0.25) is 0 Å². The fourth-order valence-electron chi connectivity index (χ4n) is 3.03. The molecule has 2 unspecified atom stereocenters. The lowest BCUT2D eigenvalue weighted by Crippen LogP contribution is -2.40. The molecule has 0 spiro atoms. The third-order valence-corrected chi connectivity index (χ3v) is 4.57. The second kappa shape index (κ2) is 6.86. The zero-order valence-corrected chi connectivity index (χ0v) is 13.4. The number of hydrogen-bond acceptors (Lipinski definition) is 4. The number of carbonyl (C=O) groups excluding carboxylic acids is 2.